The van der Waals surface area contributed by atoms with Crippen molar-refractivity contribution in [3.8, 4) is 0 Å². The van der Waals surface area contributed by atoms with Crippen molar-refractivity contribution in [1.29, 1.82) is 0 Å². The highest BCUT2D eigenvalue weighted by Gasteiger charge is 2.11. The molecule has 0 saturated carbocycles. The minimum Gasteiger partial charge on any atom is -0.336 e. The molecule has 0 aliphatic heterocycles. The molecule has 1 heterocycles. The lowest BCUT2D eigenvalue weighted by atomic mass is 10.2. The highest BCUT2D eigenvalue weighted by atomic mass is 35.5. The normalized spacial score (nSPS) is 10.7. The molecule has 2 aromatic rings. The smallest absolute Gasteiger partial charge is 0.321 e. The number of carbonyl (C=O) groups excluding carboxylic acids is 2. The zero-order valence-electron chi connectivity index (χ0n) is 12.1. The molecule has 0 atom stereocenters. The molecule has 8 heteroatoms. The Bertz CT molecular complexity index is 785. The number of hydrogen-bond acceptors (Lipinski definition) is 4. The van der Waals surface area contributed by atoms with Crippen LogP contribution in [0.1, 0.15) is 13.8 Å². The molecular weight excluding hydrogens is 308 g/mol. The highest BCUT2D eigenvalue weighted by molar-refractivity contribution is 6.31. The molecule has 7 nitrogen and oxygen atoms in total. The Morgan fingerprint density at radius 2 is 2.09 bits per heavy atom. The van der Waals surface area contributed by atoms with Gasteiger partial charge in [0.05, 0.1) is 17.2 Å². The van der Waals surface area contributed by atoms with E-state index in [1.54, 1.807) is 26.0 Å². The van der Waals surface area contributed by atoms with Crippen LogP contribution in [-0.4, -0.2) is 27.5 Å². The van der Waals surface area contributed by atoms with E-state index in [4.69, 9.17) is 11.6 Å². The third-order valence-electron chi connectivity index (χ3n) is 2.77. The second-order valence-corrected chi connectivity index (χ2v) is 5.45. The molecule has 0 saturated heterocycles. The maximum Gasteiger partial charge on any atom is 0.321 e. The van der Waals surface area contributed by atoms with E-state index in [1.165, 1.54) is 12.4 Å². The maximum absolute atomic E-state index is 12.3. The molecule has 0 radical (unpaired) electrons. The number of amides is 3. The molecule has 0 aliphatic rings. The summed E-state index contributed by atoms with van der Waals surface area (Å²) in [7, 11) is 0. The van der Waals surface area contributed by atoms with Crippen molar-refractivity contribution in [3.05, 3.63) is 39.9 Å². The molecule has 116 valence electrons. The average Bonchev–Trinajstić information content (AvgIpc) is 2.41. The van der Waals surface area contributed by atoms with Gasteiger partial charge in [0, 0.05) is 11.1 Å². The van der Waals surface area contributed by atoms with E-state index in [1.807, 2.05) is 0 Å². The van der Waals surface area contributed by atoms with Crippen LogP contribution in [-0.2, 0) is 11.3 Å². The van der Waals surface area contributed by atoms with E-state index in [-0.39, 0.29) is 12.6 Å². The Labute approximate surface area is 131 Å². The minimum absolute atomic E-state index is 0.0972. The summed E-state index contributed by atoms with van der Waals surface area (Å²) in [6, 6.07) is 4.04. The summed E-state index contributed by atoms with van der Waals surface area (Å²) in [6.07, 6.45) is 1.26. The van der Waals surface area contributed by atoms with E-state index >= 15 is 0 Å². The predicted molar refractivity (Wildman–Crippen MR) is 82.8 cm³/mol. The largest absolute Gasteiger partial charge is 0.336 e. The van der Waals surface area contributed by atoms with Crippen LogP contribution in [0.4, 0.5) is 4.79 Å². The molecule has 3 amide bonds. The Kier molecular flexibility index (Phi) is 4.77. The fourth-order valence-corrected chi connectivity index (χ4v) is 2.04. The SMILES string of the molecule is CC(C)NC(=O)NC(=O)Cn1cnc2ccc(Cl)cc2c1=O. The number of urea groups is 1. The van der Waals surface area contributed by atoms with Crippen molar-refractivity contribution in [2.45, 2.75) is 26.4 Å². The van der Waals surface area contributed by atoms with Gasteiger partial charge in [0.2, 0.25) is 5.91 Å². The van der Waals surface area contributed by atoms with Crippen LogP contribution in [0.3, 0.4) is 0 Å². The van der Waals surface area contributed by atoms with Gasteiger partial charge in [-0.15, -0.1) is 0 Å². The van der Waals surface area contributed by atoms with Gasteiger partial charge in [-0.05, 0) is 32.0 Å². The molecule has 1 aromatic heterocycles. The lowest BCUT2D eigenvalue weighted by Crippen LogP contribution is -2.44. The van der Waals surface area contributed by atoms with Crippen LogP contribution < -0.4 is 16.2 Å². The van der Waals surface area contributed by atoms with E-state index < -0.39 is 17.5 Å². The van der Waals surface area contributed by atoms with Gasteiger partial charge < -0.3 is 5.32 Å². The highest BCUT2D eigenvalue weighted by Crippen LogP contribution is 2.13. The molecule has 0 fully saturated rings. The number of fused-ring (bicyclic) bond motifs is 1. The first-order valence-electron chi connectivity index (χ1n) is 6.62. The first-order chi connectivity index (χ1) is 10.4. The van der Waals surface area contributed by atoms with Gasteiger partial charge in [0.15, 0.2) is 0 Å². The van der Waals surface area contributed by atoms with Gasteiger partial charge in [-0.25, -0.2) is 9.78 Å². The molecule has 2 rings (SSSR count). The Balaban J connectivity index is 2.18. The van der Waals surface area contributed by atoms with Crippen molar-refractivity contribution >= 4 is 34.4 Å². The molecule has 2 N–H and O–H groups in total. The zero-order chi connectivity index (χ0) is 16.3. The third kappa shape index (κ3) is 3.82. The molecular formula is C14H15ClN4O3. The van der Waals surface area contributed by atoms with Gasteiger partial charge in [0.1, 0.15) is 6.54 Å². The topological polar surface area (TPSA) is 93.1 Å². The fourth-order valence-electron chi connectivity index (χ4n) is 1.86. The fraction of sp³-hybridized carbons (Fsp3) is 0.286. The van der Waals surface area contributed by atoms with Crippen molar-refractivity contribution in [2.75, 3.05) is 0 Å². The van der Waals surface area contributed by atoms with E-state index in [9.17, 15) is 14.4 Å². The number of nitrogens with zero attached hydrogens (tertiary/aromatic N) is 2. The number of hydrogen-bond donors (Lipinski definition) is 2. The Hall–Kier alpha value is -2.41. The number of benzene rings is 1. The van der Waals surface area contributed by atoms with Crippen molar-refractivity contribution in [1.82, 2.24) is 20.2 Å². The molecule has 0 spiro atoms. The molecule has 1 aromatic carbocycles. The lowest BCUT2D eigenvalue weighted by Gasteiger charge is -2.10. The summed E-state index contributed by atoms with van der Waals surface area (Å²) >= 11 is 5.86. The summed E-state index contributed by atoms with van der Waals surface area (Å²) in [5.74, 6) is -0.608. The number of nitrogens with one attached hydrogen (secondary N) is 2. The summed E-state index contributed by atoms with van der Waals surface area (Å²) < 4.78 is 1.12. The number of aromatic nitrogens is 2. The van der Waals surface area contributed by atoms with Crippen LogP contribution in [0.2, 0.25) is 5.02 Å². The van der Waals surface area contributed by atoms with Gasteiger partial charge >= 0.3 is 6.03 Å². The van der Waals surface area contributed by atoms with E-state index in [0.717, 1.165) is 4.57 Å². The third-order valence-corrected chi connectivity index (χ3v) is 3.01. The monoisotopic (exact) mass is 322 g/mol. The Morgan fingerprint density at radius 1 is 1.36 bits per heavy atom. The Morgan fingerprint density at radius 3 is 2.77 bits per heavy atom. The standard InChI is InChI=1S/C14H15ClN4O3/c1-8(2)17-14(22)18-12(20)6-19-7-16-11-4-3-9(15)5-10(11)13(19)21/h3-5,7-8H,6H2,1-2H3,(H2,17,18,20,22). The van der Waals surface area contributed by atoms with Crippen LogP contribution in [0, 0.1) is 0 Å². The second-order valence-electron chi connectivity index (χ2n) is 5.02. The molecule has 0 bridgehead atoms. The van der Waals surface area contributed by atoms with Crippen molar-refractivity contribution in [2.24, 2.45) is 0 Å². The van der Waals surface area contributed by atoms with Crippen LogP contribution in [0.5, 0.6) is 0 Å². The first kappa shape index (κ1) is 16.0. The number of carbonyl (C=O) groups is 2. The van der Waals surface area contributed by atoms with Gasteiger partial charge in [-0.2, -0.15) is 0 Å². The van der Waals surface area contributed by atoms with Gasteiger partial charge in [-0.1, -0.05) is 11.6 Å². The predicted octanol–water partition coefficient (Wildman–Crippen LogP) is 1.28. The van der Waals surface area contributed by atoms with E-state index in [2.05, 4.69) is 15.6 Å². The summed E-state index contributed by atoms with van der Waals surface area (Å²) in [6.45, 7) is 3.23. The number of rotatable bonds is 3. The van der Waals surface area contributed by atoms with Gasteiger partial charge in [-0.3, -0.25) is 19.5 Å². The van der Waals surface area contributed by atoms with E-state index in [0.29, 0.717) is 15.9 Å². The quantitative estimate of drug-likeness (QED) is 0.890. The number of imide groups is 1. The average molecular weight is 323 g/mol. The lowest BCUT2D eigenvalue weighted by molar-refractivity contribution is -0.120. The van der Waals surface area contributed by atoms with Crippen molar-refractivity contribution in [3.63, 3.8) is 0 Å². The van der Waals surface area contributed by atoms with Gasteiger partial charge in [0.25, 0.3) is 5.56 Å². The summed E-state index contributed by atoms with van der Waals surface area (Å²) in [5, 5.41) is 5.39. The molecule has 22 heavy (non-hydrogen) atoms. The van der Waals surface area contributed by atoms with Crippen LogP contribution >= 0.6 is 11.6 Å². The summed E-state index contributed by atoms with van der Waals surface area (Å²) in [4.78, 5) is 39.6. The summed E-state index contributed by atoms with van der Waals surface area (Å²) in [5.41, 5.74) is 0.0931. The zero-order valence-corrected chi connectivity index (χ0v) is 12.8. The minimum atomic E-state index is -0.608. The maximum atomic E-state index is 12.3. The van der Waals surface area contributed by atoms with Crippen molar-refractivity contribution < 1.29 is 9.59 Å². The molecule has 0 unspecified atom stereocenters. The molecule has 0 aliphatic carbocycles. The van der Waals surface area contributed by atoms with Crippen LogP contribution in [0.15, 0.2) is 29.3 Å². The first-order valence-corrected chi connectivity index (χ1v) is 6.99. The number of halogens is 1. The van der Waals surface area contributed by atoms with Crippen LogP contribution in [0.25, 0.3) is 10.9 Å². The second kappa shape index (κ2) is 6.57.